The van der Waals surface area contributed by atoms with Crippen LogP contribution < -0.4 is 10.2 Å². The first-order chi connectivity index (χ1) is 45.4. The molecule has 0 aromatic rings. The molecule has 93 heavy (non-hydrogen) atoms. The Bertz CT molecular complexity index is 1910. The number of nitrogens with zero attached hydrogens (tertiary/aromatic N) is 1. The zero-order valence-electron chi connectivity index (χ0n) is 61.9. The summed E-state index contributed by atoms with van der Waals surface area (Å²) >= 11 is 0. The standard InChI is InChI=1S/C83H151N2O7P/c1-7-10-13-16-19-22-25-28-30-32-34-36-38-40-42-44-46-48-50-52-54-57-60-63-66-69-72-75-82(86)84-80(79-91-93(88,89)90-78-77-85(4,5)6)81(74-71-68-65-62-59-56-27-24-21-18-15-12-9-3)92-83(87)76-73-70-67-64-61-58-55-53-51-49-47-45-43-41-39-37-35-33-31-29-26-23-20-17-14-11-8-2/h11,14,20,23,28-31,35,37,41,43,47,49,71,74,80-81H,7-10,12-13,15-19,21-22,24-27,32-34,36,38-40,42,44-46,48,50-70,72-73,75-79H2,1-6H3,(H-,84,86,88,89)/b14-11-,23-20-,30-28+,31-29-,37-35-,43-41-,49-47-,74-71+. The summed E-state index contributed by atoms with van der Waals surface area (Å²) in [5.74, 6) is -0.539. The topological polar surface area (TPSA) is 114 Å². The Morgan fingerprint density at radius 3 is 1.04 bits per heavy atom. The third-order valence-corrected chi connectivity index (χ3v) is 18.5. The second kappa shape index (κ2) is 71.7. The number of rotatable bonds is 72. The molecule has 0 bridgehead atoms. The number of amides is 1. The van der Waals surface area contributed by atoms with Crippen molar-refractivity contribution in [1.82, 2.24) is 5.32 Å². The summed E-state index contributed by atoms with van der Waals surface area (Å²) < 4.78 is 30.6. The van der Waals surface area contributed by atoms with Crippen LogP contribution in [-0.2, 0) is 27.9 Å². The van der Waals surface area contributed by atoms with Gasteiger partial charge in [0.2, 0.25) is 5.91 Å². The average molecular weight is 1320 g/mol. The first-order valence-electron chi connectivity index (χ1n) is 39.5. The fourth-order valence-corrected chi connectivity index (χ4v) is 12.2. The minimum absolute atomic E-state index is 0.0258. The molecule has 0 radical (unpaired) electrons. The molecule has 10 heteroatoms. The number of nitrogens with one attached hydrogen (secondary N) is 1. The van der Waals surface area contributed by atoms with Gasteiger partial charge < -0.3 is 28.5 Å². The monoisotopic (exact) mass is 1320 g/mol. The minimum Gasteiger partial charge on any atom is -0.756 e. The van der Waals surface area contributed by atoms with E-state index >= 15 is 0 Å². The van der Waals surface area contributed by atoms with Gasteiger partial charge >= 0.3 is 5.97 Å². The van der Waals surface area contributed by atoms with E-state index in [4.69, 9.17) is 13.8 Å². The Kier molecular flexibility index (Phi) is 69.3. The van der Waals surface area contributed by atoms with Gasteiger partial charge in [0, 0.05) is 12.8 Å². The van der Waals surface area contributed by atoms with Crippen LogP contribution in [0.2, 0.25) is 0 Å². The summed E-state index contributed by atoms with van der Waals surface area (Å²) in [6, 6.07) is -0.898. The molecule has 0 aliphatic carbocycles. The van der Waals surface area contributed by atoms with E-state index in [0.29, 0.717) is 17.4 Å². The van der Waals surface area contributed by atoms with Gasteiger partial charge in [0.15, 0.2) is 0 Å². The van der Waals surface area contributed by atoms with E-state index in [1.807, 2.05) is 33.3 Å². The third-order valence-electron chi connectivity index (χ3n) is 17.5. The maximum Gasteiger partial charge on any atom is 0.306 e. The van der Waals surface area contributed by atoms with Crippen LogP contribution in [0.1, 0.15) is 367 Å². The van der Waals surface area contributed by atoms with Crippen molar-refractivity contribution in [3.63, 3.8) is 0 Å². The zero-order valence-corrected chi connectivity index (χ0v) is 62.8. The lowest BCUT2D eigenvalue weighted by Gasteiger charge is -2.30. The molecule has 1 amide bonds. The lowest BCUT2D eigenvalue weighted by molar-refractivity contribution is -0.870. The molecule has 0 aromatic heterocycles. The Morgan fingerprint density at radius 1 is 0.387 bits per heavy atom. The molecule has 3 atom stereocenters. The highest BCUT2D eigenvalue weighted by molar-refractivity contribution is 7.45. The highest BCUT2D eigenvalue weighted by atomic mass is 31.2. The van der Waals surface area contributed by atoms with Crippen LogP contribution in [-0.4, -0.2) is 69.4 Å². The van der Waals surface area contributed by atoms with Gasteiger partial charge in [0.25, 0.3) is 7.82 Å². The second-order valence-electron chi connectivity index (χ2n) is 27.8. The van der Waals surface area contributed by atoms with Crippen molar-refractivity contribution in [3.8, 4) is 0 Å². The lowest BCUT2D eigenvalue weighted by Crippen LogP contribution is -2.47. The van der Waals surface area contributed by atoms with Gasteiger partial charge in [-0.15, -0.1) is 0 Å². The van der Waals surface area contributed by atoms with Gasteiger partial charge in [-0.3, -0.25) is 14.2 Å². The van der Waals surface area contributed by atoms with Gasteiger partial charge in [-0.2, -0.15) is 0 Å². The maximum absolute atomic E-state index is 13.7. The molecule has 0 heterocycles. The number of esters is 1. The summed E-state index contributed by atoms with van der Waals surface area (Å²) in [7, 11) is 1.18. The van der Waals surface area contributed by atoms with E-state index in [0.717, 1.165) is 109 Å². The highest BCUT2D eigenvalue weighted by Crippen LogP contribution is 2.38. The molecule has 0 spiro atoms. The highest BCUT2D eigenvalue weighted by Gasteiger charge is 2.27. The molecule has 9 nitrogen and oxygen atoms in total. The predicted molar refractivity (Wildman–Crippen MR) is 404 cm³/mol. The summed E-state index contributed by atoms with van der Waals surface area (Å²) in [6.45, 7) is 6.77. The molecular formula is C83H151N2O7P. The summed E-state index contributed by atoms with van der Waals surface area (Å²) in [5, 5.41) is 3.05. The molecule has 0 aliphatic rings. The number of carbonyl (C=O) groups excluding carboxylic acids is 2. The largest absolute Gasteiger partial charge is 0.756 e. The molecule has 0 rings (SSSR count). The molecule has 0 aliphatic heterocycles. The van der Waals surface area contributed by atoms with Gasteiger partial charge in [0.05, 0.1) is 33.8 Å². The fourth-order valence-electron chi connectivity index (χ4n) is 11.5. The molecule has 0 fully saturated rings. The van der Waals surface area contributed by atoms with Crippen molar-refractivity contribution < 1.29 is 37.3 Å². The predicted octanol–water partition coefficient (Wildman–Crippen LogP) is 25.2. The normalized spacial score (nSPS) is 13.9. The molecule has 0 saturated heterocycles. The van der Waals surface area contributed by atoms with Crippen LogP contribution in [0.4, 0.5) is 0 Å². The van der Waals surface area contributed by atoms with Crippen LogP contribution in [0, 0.1) is 0 Å². The van der Waals surface area contributed by atoms with E-state index < -0.39 is 26.6 Å². The number of quaternary nitrogens is 1. The van der Waals surface area contributed by atoms with Crippen molar-refractivity contribution in [2.75, 3.05) is 40.9 Å². The Balaban J connectivity index is 4.99. The average Bonchev–Trinajstić information content (AvgIpc) is 2.15. The Hall–Kier alpha value is -3.07. The van der Waals surface area contributed by atoms with E-state index in [-0.39, 0.29) is 24.9 Å². The van der Waals surface area contributed by atoms with Gasteiger partial charge in [-0.25, -0.2) is 0 Å². The molecule has 1 N–H and O–H groups in total. The van der Waals surface area contributed by atoms with Crippen molar-refractivity contribution in [2.45, 2.75) is 380 Å². The fraction of sp³-hybridized carbons (Fsp3) is 0.783. The summed E-state index contributed by atoms with van der Waals surface area (Å²) in [5.41, 5.74) is 0. The third kappa shape index (κ3) is 73.0. The number of unbranched alkanes of at least 4 members (excludes halogenated alkanes) is 42. The molecule has 0 saturated carbocycles. The maximum atomic E-state index is 13.7. The quantitative estimate of drug-likeness (QED) is 0.0212. The summed E-state index contributed by atoms with van der Waals surface area (Å²) in [4.78, 5) is 40.4. The molecular weight excluding hydrogens is 1170 g/mol. The first-order valence-corrected chi connectivity index (χ1v) is 41.0. The zero-order chi connectivity index (χ0) is 67.8. The van der Waals surface area contributed by atoms with E-state index in [1.54, 1.807) is 0 Å². The number of phosphoric ester groups is 1. The van der Waals surface area contributed by atoms with Gasteiger partial charge in [-0.05, 0) is 109 Å². The first kappa shape index (κ1) is 89.9. The smallest absolute Gasteiger partial charge is 0.306 e. The van der Waals surface area contributed by atoms with E-state index in [1.165, 1.54) is 225 Å². The second-order valence-corrected chi connectivity index (χ2v) is 29.2. The Morgan fingerprint density at radius 2 is 0.688 bits per heavy atom. The van der Waals surface area contributed by atoms with Crippen LogP contribution in [0.15, 0.2) is 97.2 Å². The van der Waals surface area contributed by atoms with Crippen LogP contribution >= 0.6 is 7.82 Å². The number of hydrogen-bond donors (Lipinski definition) is 1. The number of ether oxygens (including phenoxy) is 1. The number of carbonyl (C=O) groups is 2. The van der Waals surface area contributed by atoms with Crippen LogP contribution in [0.3, 0.4) is 0 Å². The summed E-state index contributed by atoms with van der Waals surface area (Å²) in [6.07, 6.45) is 98.3. The molecule has 0 aromatic carbocycles. The number of allylic oxidation sites excluding steroid dienone is 15. The van der Waals surface area contributed by atoms with Gasteiger partial charge in [0.1, 0.15) is 19.3 Å². The van der Waals surface area contributed by atoms with Crippen LogP contribution in [0.25, 0.3) is 0 Å². The van der Waals surface area contributed by atoms with Crippen molar-refractivity contribution >= 4 is 19.7 Å². The van der Waals surface area contributed by atoms with Crippen molar-refractivity contribution in [1.29, 1.82) is 0 Å². The van der Waals surface area contributed by atoms with E-state index in [2.05, 4.69) is 111 Å². The molecule has 3 unspecified atom stereocenters. The minimum atomic E-state index is -4.72. The number of hydrogen-bond acceptors (Lipinski definition) is 7. The number of likely N-dealkylation sites (N-methyl/N-ethyl adjacent to an activating group) is 1. The Labute approximate surface area is 577 Å². The SMILES string of the molecule is CC/C=C\C/C=C\C/C=C\C/C=C\C/C=C\C/C=C\CCCCCCCCCCC(=O)OC(/C=C/CCCCCCCCCCCCC)C(COP(=O)([O-])OCC[N+](C)(C)C)NC(=O)CCCCCCCCCCCCCCCCCCC/C=C/CCCCCCCC. The van der Waals surface area contributed by atoms with Crippen molar-refractivity contribution in [3.05, 3.63) is 97.2 Å². The van der Waals surface area contributed by atoms with E-state index in [9.17, 15) is 19.0 Å². The van der Waals surface area contributed by atoms with Crippen molar-refractivity contribution in [2.24, 2.45) is 0 Å². The lowest BCUT2D eigenvalue weighted by atomic mass is 10.0. The number of phosphoric acid groups is 1. The van der Waals surface area contributed by atoms with Gasteiger partial charge in [-0.1, -0.05) is 343 Å². The molecule has 540 valence electrons. The van der Waals surface area contributed by atoms with Crippen LogP contribution in [0.5, 0.6) is 0 Å².